The molecule has 0 aliphatic carbocycles. The smallest absolute Gasteiger partial charge is 0.338 e. The van der Waals surface area contributed by atoms with E-state index in [-0.39, 0.29) is 11.9 Å². The Bertz CT molecular complexity index is 983. The highest BCUT2D eigenvalue weighted by atomic mass is 32.1. The fourth-order valence-corrected chi connectivity index (χ4v) is 3.93. The molecule has 2 N–H and O–H groups in total. The van der Waals surface area contributed by atoms with Crippen LogP contribution in [0.15, 0.2) is 48.0 Å². The number of nitrogens with one attached hydrogen (secondary N) is 2. The summed E-state index contributed by atoms with van der Waals surface area (Å²) in [5.74, 6) is 0.731. The lowest BCUT2D eigenvalue weighted by molar-refractivity contribution is -0.138. The quantitative estimate of drug-likeness (QED) is 0.521. The van der Waals surface area contributed by atoms with Crippen molar-refractivity contribution in [3.05, 3.63) is 70.3 Å². The number of thiocarbonyl (C=S) groups is 1. The molecule has 0 aromatic heterocycles. The Morgan fingerprint density at radius 3 is 2.50 bits per heavy atom. The molecule has 1 aliphatic rings. The Balaban J connectivity index is 2.25. The summed E-state index contributed by atoms with van der Waals surface area (Å²) in [5, 5.41) is 6.93. The summed E-state index contributed by atoms with van der Waals surface area (Å²) < 4.78 is 11.0. The largest absolute Gasteiger partial charge is 0.496 e. The molecule has 158 valence electrons. The highest BCUT2D eigenvalue weighted by Crippen LogP contribution is 2.37. The van der Waals surface area contributed by atoms with Gasteiger partial charge >= 0.3 is 5.97 Å². The second-order valence-corrected chi connectivity index (χ2v) is 7.92. The number of hydrogen-bond donors (Lipinski definition) is 2. The van der Waals surface area contributed by atoms with Crippen molar-refractivity contribution in [2.75, 3.05) is 13.7 Å². The van der Waals surface area contributed by atoms with E-state index in [9.17, 15) is 4.79 Å². The number of esters is 1. The molecule has 6 heteroatoms. The highest BCUT2D eigenvalue weighted by molar-refractivity contribution is 7.80. The molecule has 2 aromatic carbocycles. The van der Waals surface area contributed by atoms with Gasteiger partial charge in [-0.05, 0) is 66.4 Å². The first-order chi connectivity index (χ1) is 14.4. The molecular weight excluding hydrogens is 396 g/mol. The number of carbonyl (C=O) groups is 1. The van der Waals surface area contributed by atoms with Crippen molar-refractivity contribution >= 4 is 29.0 Å². The number of aryl methyl sites for hydroxylation is 1. The second kappa shape index (κ2) is 9.30. The molecule has 0 saturated carbocycles. The maximum atomic E-state index is 13.1. The molecule has 3 rings (SSSR count). The number of rotatable bonds is 6. The summed E-state index contributed by atoms with van der Waals surface area (Å²) in [5.41, 5.74) is 5.12. The second-order valence-electron chi connectivity index (χ2n) is 7.51. The molecule has 0 saturated heterocycles. The lowest BCUT2D eigenvalue weighted by Crippen LogP contribution is -2.45. The number of ether oxygens (including phenoxy) is 2. The normalized spacial score (nSPS) is 16.2. The van der Waals surface area contributed by atoms with Crippen LogP contribution in [0, 0.1) is 6.92 Å². The molecule has 0 unspecified atom stereocenters. The monoisotopic (exact) mass is 424 g/mol. The van der Waals surface area contributed by atoms with Crippen LogP contribution < -0.4 is 15.4 Å². The minimum absolute atomic E-state index is 0.261. The van der Waals surface area contributed by atoms with Gasteiger partial charge in [-0.15, -0.1) is 0 Å². The topological polar surface area (TPSA) is 59.6 Å². The average Bonchev–Trinajstić information content (AvgIpc) is 2.73. The summed E-state index contributed by atoms with van der Waals surface area (Å²) >= 11 is 5.51. The SMILES string of the molecule is CCOC(=O)C1=C(c2ccccc2)NC(=S)N[C@@H]1c1cc(C(C)C)c(OC)cc1C. The van der Waals surface area contributed by atoms with Gasteiger partial charge in [-0.3, -0.25) is 0 Å². The third-order valence-electron chi connectivity index (χ3n) is 5.18. The van der Waals surface area contributed by atoms with Crippen molar-refractivity contribution in [3.8, 4) is 5.75 Å². The summed E-state index contributed by atoms with van der Waals surface area (Å²) in [6, 6.07) is 13.4. The molecule has 0 bridgehead atoms. The first kappa shape index (κ1) is 21.8. The van der Waals surface area contributed by atoms with E-state index in [1.807, 2.05) is 43.3 Å². The number of benzene rings is 2. The van der Waals surface area contributed by atoms with E-state index in [4.69, 9.17) is 21.7 Å². The van der Waals surface area contributed by atoms with E-state index in [1.54, 1.807) is 14.0 Å². The predicted molar refractivity (Wildman–Crippen MR) is 123 cm³/mol. The van der Waals surface area contributed by atoms with Crippen molar-refractivity contribution < 1.29 is 14.3 Å². The summed E-state index contributed by atoms with van der Waals surface area (Å²) in [6.07, 6.45) is 0. The molecular formula is C24H28N2O3S. The zero-order chi connectivity index (χ0) is 21.8. The van der Waals surface area contributed by atoms with Gasteiger partial charge in [-0.2, -0.15) is 0 Å². The minimum atomic E-state index is -0.434. The van der Waals surface area contributed by atoms with E-state index >= 15 is 0 Å². The Labute approximate surface area is 183 Å². The lowest BCUT2D eigenvalue weighted by atomic mass is 9.87. The zero-order valence-corrected chi connectivity index (χ0v) is 18.9. The van der Waals surface area contributed by atoms with Crippen LogP contribution in [0.4, 0.5) is 0 Å². The van der Waals surface area contributed by atoms with Crippen LogP contribution in [-0.4, -0.2) is 24.8 Å². The first-order valence-corrected chi connectivity index (χ1v) is 10.5. The van der Waals surface area contributed by atoms with Gasteiger partial charge in [0.2, 0.25) is 0 Å². The van der Waals surface area contributed by atoms with Gasteiger partial charge in [0.15, 0.2) is 5.11 Å². The van der Waals surface area contributed by atoms with Crippen molar-refractivity contribution in [3.63, 3.8) is 0 Å². The van der Waals surface area contributed by atoms with E-state index in [1.165, 1.54) is 0 Å². The van der Waals surface area contributed by atoms with Crippen LogP contribution in [0.3, 0.4) is 0 Å². The third-order valence-corrected chi connectivity index (χ3v) is 5.40. The molecule has 0 radical (unpaired) electrons. The van der Waals surface area contributed by atoms with E-state index in [0.717, 1.165) is 28.0 Å². The summed E-state index contributed by atoms with van der Waals surface area (Å²) in [6.45, 7) is 8.35. The molecule has 0 amide bonds. The van der Waals surface area contributed by atoms with Crippen LogP contribution in [-0.2, 0) is 9.53 Å². The van der Waals surface area contributed by atoms with Crippen LogP contribution in [0.5, 0.6) is 5.75 Å². The first-order valence-electron chi connectivity index (χ1n) is 10.1. The molecule has 5 nitrogen and oxygen atoms in total. The maximum Gasteiger partial charge on any atom is 0.338 e. The summed E-state index contributed by atoms with van der Waals surface area (Å²) in [7, 11) is 1.68. The Kier molecular flexibility index (Phi) is 6.77. The molecule has 0 fully saturated rings. The predicted octanol–water partition coefficient (Wildman–Crippen LogP) is 4.62. The fraction of sp³-hybridized carbons (Fsp3) is 0.333. The van der Waals surface area contributed by atoms with Crippen molar-refractivity contribution in [1.29, 1.82) is 0 Å². The van der Waals surface area contributed by atoms with Crippen molar-refractivity contribution in [1.82, 2.24) is 10.6 Å². The van der Waals surface area contributed by atoms with Crippen LogP contribution in [0.1, 0.15) is 55.0 Å². The van der Waals surface area contributed by atoms with Gasteiger partial charge in [-0.25, -0.2) is 4.79 Å². The number of hydrogen-bond acceptors (Lipinski definition) is 4. The van der Waals surface area contributed by atoms with Gasteiger partial charge in [0.25, 0.3) is 0 Å². The fourth-order valence-electron chi connectivity index (χ4n) is 3.71. The highest BCUT2D eigenvalue weighted by Gasteiger charge is 2.34. The average molecular weight is 425 g/mol. The van der Waals surface area contributed by atoms with Crippen LogP contribution in [0.2, 0.25) is 0 Å². The number of carbonyl (C=O) groups excluding carboxylic acids is 1. The van der Waals surface area contributed by atoms with Crippen LogP contribution in [0.25, 0.3) is 5.70 Å². The molecule has 1 aliphatic heterocycles. The Hall–Kier alpha value is -2.86. The van der Waals surface area contributed by atoms with Gasteiger partial charge in [0, 0.05) is 0 Å². The van der Waals surface area contributed by atoms with E-state index in [0.29, 0.717) is 23.0 Å². The van der Waals surface area contributed by atoms with Crippen molar-refractivity contribution in [2.24, 2.45) is 0 Å². The standard InChI is InChI=1S/C24H28N2O3S/c1-6-29-23(27)20-21(16-10-8-7-9-11-16)25-24(30)26-22(20)18-13-17(14(2)3)19(28-5)12-15(18)4/h7-14,22H,6H2,1-5H3,(H2,25,26,30)/t22-/m1/s1. The zero-order valence-electron chi connectivity index (χ0n) is 18.0. The van der Waals surface area contributed by atoms with Gasteiger partial charge in [0.05, 0.1) is 31.0 Å². The van der Waals surface area contributed by atoms with Gasteiger partial charge in [0.1, 0.15) is 5.75 Å². The van der Waals surface area contributed by atoms with Gasteiger partial charge in [-0.1, -0.05) is 44.2 Å². The molecule has 0 spiro atoms. The maximum absolute atomic E-state index is 13.1. The lowest BCUT2D eigenvalue weighted by Gasteiger charge is -2.32. The van der Waals surface area contributed by atoms with E-state index < -0.39 is 6.04 Å². The Morgan fingerprint density at radius 2 is 1.90 bits per heavy atom. The third kappa shape index (κ3) is 4.33. The molecule has 1 heterocycles. The number of methoxy groups -OCH3 is 1. The van der Waals surface area contributed by atoms with Gasteiger partial charge < -0.3 is 20.1 Å². The molecule has 2 aromatic rings. The Morgan fingerprint density at radius 1 is 1.20 bits per heavy atom. The summed E-state index contributed by atoms with van der Waals surface area (Å²) in [4.78, 5) is 13.1. The van der Waals surface area contributed by atoms with Crippen molar-refractivity contribution in [2.45, 2.75) is 39.7 Å². The molecule has 30 heavy (non-hydrogen) atoms. The minimum Gasteiger partial charge on any atom is -0.496 e. The van der Waals surface area contributed by atoms with E-state index in [2.05, 4.69) is 30.5 Å². The molecule has 1 atom stereocenters. The van der Waals surface area contributed by atoms with Crippen LogP contribution >= 0.6 is 12.2 Å².